The van der Waals surface area contributed by atoms with E-state index in [4.69, 9.17) is 5.10 Å². The number of fused-ring (bicyclic) bond motifs is 3. The van der Waals surface area contributed by atoms with Gasteiger partial charge >= 0.3 is 5.69 Å². The first-order valence-corrected chi connectivity index (χ1v) is 11.8. The molecule has 0 amide bonds. The van der Waals surface area contributed by atoms with E-state index in [1.54, 1.807) is 16.6 Å². The van der Waals surface area contributed by atoms with Crippen molar-refractivity contribution < 1.29 is 8.42 Å². The lowest BCUT2D eigenvalue weighted by molar-refractivity contribution is 0.595. The van der Waals surface area contributed by atoms with Crippen molar-refractivity contribution in [3.05, 3.63) is 56.2 Å². The van der Waals surface area contributed by atoms with Crippen molar-refractivity contribution in [1.82, 2.24) is 18.7 Å². The molecule has 1 atom stereocenters. The molecule has 0 saturated carbocycles. The van der Waals surface area contributed by atoms with Crippen molar-refractivity contribution in [2.24, 2.45) is 19.2 Å². The molecule has 5 rings (SSSR count). The third-order valence-corrected chi connectivity index (χ3v) is 7.76. The summed E-state index contributed by atoms with van der Waals surface area (Å²) in [6, 6.07) is 7.48. The van der Waals surface area contributed by atoms with Gasteiger partial charge in [0, 0.05) is 14.1 Å². The van der Waals surface area contributed by atoms with Gasteiger partial charge in [0.2, 0.25) is 5.95 Å². The molecule has 1 saturated heterocycles. The standard InChI is InChI=1S/C20H22N6O4S/c1-12-4-6-13(7-5-12)15-10-25-16-17(23(2)20(28)24(3)18(16)27)21-19(25)26(22-15)14-8-9-31(29,30)11-14/h4-7,14H,8-11H2,1-3H3. The maximum Gasteiger partial charge on any atom is 0.332 e. The molecule has 0 aliphatic carbocycles. The predicted octanol–water partition coefficient (Wildman–Crippen LogP) is 0.154. The van der Waals surface area contributed by atoms with Crippen LogP contribution in [0, 0.1) is 6.92 Å². The summed E-state index contributed by atoms with van der Waals surface area (Å²) in [4.78, 5) is 30.0. The Balaban J connectivity index is 1.76. The van der Waals surface area contributed by atoms with Gasteiger partial charge in [0.15, 0.2) is 21.0 Å². The highest BCUT2D eigenvalue weighted by molar-refractivity contribution is 7.91. The van der Waals surface area contributed by atoms with Gasteiger partial charge < -0.3 is 0 Å². The molecule has 11 heteroatoms. The fourth-order valence-electron chi connectivity index (χ4n) is 4.22. The molecule has 2 aliphatic rings. The van der Waals surface area contributed by atoms with E-state index in [-0.39, 0.29) is 29.7 Å². The molecule has 1 unspecified atom stereocenters. The van der Waals surface area contributed by atoms with Gasteiger partial charge in [-0.05, 0) is 18.9 Å². The summed E-state index contributed by atoms with van der Waals surface area (Å²) in [6.45, 7) is 2.28. The predicted molar refractivity (Wildman–Crippen MR) is 117 cm³/mol. The van der Waals surface area contributed by atoms with Crippen LogP contribution >= 0.6 is 0 Å². The number of sulfone groups is 1. The Kier molecular flexibility index (Phi) is 4.23. The second kappa shape index (κ2) is 6.64. The van der Waals surface area contributed by atoms with Crippen LogP contribution in [0.4, 0.5) is 5.95 Å². The molecule has 4 heterocycles. The third-order valence-electron chi connectivity index (χ3n) is 6.01. The number of aromatic nitrogens is 4. The summed E-state index contributed by atoms with van der Waals surface area (Å²) < 4.78 is 28.4. The summed E-state index contributed by atoms with van der Waals surface area (Å²) in [5.74, 6) is 0.438. The van der Waals surface area contributed by atoms with Crippen LogP contribution in [0.3, 0.4) is 0 Å². The Bertz CT molecular complexity index is 1480. The molecular weight excluding hydrogens is 420 g/mol. The van der Waals surface area contributed by atoms with Gasteiger partial charge in [-0.25, -0.2) is 18.2 Å². The van der Waals surface area contributed by atoms with Crippen molar-refractivity contribution in [3.8, 4) is 0 Å². The molecule has 0 radical (unpaired) electrons. The maximum atomic E-state index is 13.0. The Morgan fingerprint density at radius 3 is 2.42 bits per heavy atom. The Morgan fingerprint density at radius 2 is 1.77 bits per heavy atom. The monoisotopic (exact) mass is 442 g/mol. The summed E-state index contributed by atoms with van der Waals surface area (Å²) in [6.07, 6.45) is 0.424. The summed E-state index contributed by atoms with van der Waals surface area (Å²) in [5, 5.41) is 6.39. The third kappa shape index (κ3) is 3.02. The Labute approximate surface area is 178 Å². The van der Waals surface area contributed by atoms with Crippen molar-refractivity contribution in [3.63, 3.8) is 0 Å². The van der Waals surface area contributed by atoms with Crippen LogP contribution in [0.25, 0.3) is 11.2 Å². The molecule has 0 bridgehead atoms. The second-order valence-corrected chi connectivity index (χ2v) is 10.4. The number of nitrogens with zero attached hydrogens (tertiary/aromatic N) is 6. The number of anilines is 1. The van der Waals surface area contributed by atoms with Gasteiger partial charge in [0.25, 0.3) is 5.56 Å². The van der Waals surface area contributed by atoms with E-state index in [9.17, 15) is 18.0 Å². The van der Waals surface area contributed by atoms with Crippen molar-refractivity contribution in [2.45, 2.75) is 25.9 Å². The normalized spacial score (nSPS) is 20.2. The van der Waals surface area contributed by atoms with Gasteiger partial charge in [-0.15, -0.1) is 0 Å². The lowest BCUT2D eigenvalue weighted by atomic mass is 10.1. The zero-order chi connectivity index (χ0) is 22.1. The molecule has 1 fully saturated rings. The molecule has 3 aromatic rings. The molecule has 10 nitrogen and oxygen atoms in total. The topological polar surface area (TPSA) is 112 Å². The zero-order valence-corrected chi connectivity index (χ0v) is 18.3. The van der Waals surface area contributed by atoms with Gasteiger partial charge in [-0.3, -0.25) is 18.5 Å². The quantitative estimate of drug-likeness (QED) is 0.559. The van der Waals surface area contributed by atoms with Crippen LogP contribution in [-0.4, -0.2) is 50.4 Å². The zero-order valence-electron chi connectivity index (χ0n) is 17.4. The molecular formula is C20H22N6O4S. The number of benzene rings is 1. The van der Waals surface area contributed by atoms with E-state index in [0.717, 1.165) is 15.7 Å². The van der Waals surface area contributed by atoms with Crippen LogP contribution in [-0.2, 0) is 30.5 Å². The smallest absolute Gasteiger partial charge is 0.297 e. The van der Waals surface area contributed by atoms with Crippen molar-refractivity contribution in [2.75, 3.05) is 16.5 Å². The highest BCUT2D eigenvalue weighted by Crippen LogP contribution is 2.30. The van der Waals surface area contributed by atoms with Gasteiger partial charge in [0.05, 0.1) is 29.8 Å². The van der Waals surface area contributed by atoms with Crippen LogP contribution in [0.2, 0.25) is 0 Å². The minimum Gasteiger partial charge on any atom is -0.297 e. The lowest BCUT2D eigenvalue weighted by Gasteiger charge is -2.30. The number of hydrogen-bond donors (Lipinski definition) is 0. The van der Waals surface area contributed by atoms with Crippen LogP contribution in [0.15, 0.2) is 39.0 Å². The molecule has 162 valence electrons. The summed E-state index contributed by atoms with van der Waals surface area (Å²) >= 11 is 0. The van der Waals surface area contributed by atoms with E-state index in [1.165, 1.54) is 11.6 Å². The maximum absolute atomic E-state index is 13.0. The lowest BCUT2D eigenvalue weighted by Crippen LogP contribution is -2.40. The fourth-order valence-corrected chi connectivity index (χ4v) is 5.92. The molecule has 0 N–H and O–H groups in total. The Hall–Kier alpha value is -3.21. The molecule has 0 spiro atoms. The summed E-state index contributed by atoms with van der Waals surface area (Å²) in [7, 11) is -0.166. The molecule has 31 heavy (non-hydrogen) atoms. The van der Waals surface area contributed by atoms with E-state index >= 15 is 0 Å². The van der Waals surface area contributed by atoms with Crippen molar-refractivity contribution in [1.29, 1.82) is 0 Å². The average molecular weight is 443 g/mol. The van der Waals surface area contributed by atoms with E-state index in [2.05, 4.69) is 4.98 Å². The number of aryl methyl sites for hydroxylation is 2. The largest absolute Gasteiger partial charge is 0.332 e. The fraction of sp³-hybridized carbons (Fsp3) is 0.400. The molecule has 1 aromatic carbocycles. The minimum atomic E-state index is -3.16. The van der Waals surface area contributed by atoms with Crippen LogP contribution < -0.4 is 16.3 Å². The first-order chi connectivity index (χ1) is 14.7. The van der Waals surface area contributed by atoms with E-state index < -0.39 is 21.1 Å². The van der Waals surface area contributed by atoms with Crippen molar-refractivity contribution >= 4 is 32.7 Å². The molecule has 2 aromatic heterocycles. The van der Waals surface area contributed by atoms with Gasteiger partial charge in [-0.2, -0.15) is 10.1 Å². The van der Waals surface area contributed by atoms with Gasteiger partial charge in [0.1, 0.15) is 0 Å². The first kappa shape index (κ1) is 19.7. The minimum absolute atomic E-state index is 0.0299. The molecule has 2 aliphatic heterocycles. The van der Waals surface area contributed by atoms with E-state index in [1.807, 2.05) is 31.2 Å². The second-order valence-electron chi connectivity index (χ2n) is 8.19. The van der Waals surface area contributed by atoms with E-state index in [0.29, 0.717) is 23.6 Å². The number of imidazole rings is 1. The van der Waals surface area contributed by atoms with Gasteiger partial charge in [-0.1, -0.05) is 29.8 Å². The number of hydrogen-bond acceptors (Lipinski definition) is 7. The Morgan fingerprint density at radius 1 is 1.06 bits per heavy atom. The number of rotatable bonds is 2. The SMILES string of the molecule is Cc1ccc(C2=NN(C3CCS(=O)(=O)C3)c3nc4c(c(=O)n(C)c(=O)n4C)n3C2)cc1. The number of hydrazone groups is 1. The average Bonchev–Trinajstić information content (AvgIpc) is 3.30. The first-order valence-electron chi connectivity index (χ1n) is 9.97. The highest BCUT2D eigenvalue weighted by atomic mass is 32.2. The highest BCUT2D eigenvalue weighted by Gasteiger charge is 2.38. The summed E-state index contributed by atoms with van der Waals surface area (Å²) in [5.41, 5.74) is 2.33. The van der Waals surface area contributed by atoms with Crippen LogP contribution in [0.1, 0.15) is 17.5 Å². The van der Waals surface area contributed by atoms with Crippen LogP contribution in [0.5, 0.6) is 0 Å².